The maximum absolute atomic E-state index is 13.0. The Kier molecular flexibility index (Phi) is 6.92. The Morgan fingerprint density at radius 2 is 1.78 bits per heavy atom. The monoisotopic (exact) mass is 435 g/mol. The van der Waals surface area contributed by atoms with E-state index in [1.807, 2.05) is 47.4 Å². The van der Waals surface area contributed by atoms with E-state index in [2.05, 4.69) is 24.0 Å². The number of nitrogens with zero attached hydrogens (tertiary/aromatic N) is 2. The Morgan fingerprint density at radius 3 is 2.50 bits per heavy atom. The molecule has 2 aromatic rings. The summed E-state index contributed by atoms with van der Waals surface area (Å²) in [6.07, 6.45) is 3.12. The van der Waals surface area contributed by atoms with Gasteiger partial charge in [-0.15, -0.1) is 0 Å². The van der Waals surface area contributed by atoms with Crippen LogP contribution in [0.2, 0.25) is 0 Å². The van der Waals surface area contributed by atoms with E-state index in [0.717, 1.165) is 50.0 Å². The first-order valence-electron chi connectivity index (χ1n) is 11.5. The van der Waals surface area contributed by atoms with Crippen molar-refractivity contribution >= 4 is 11.8 Å². The van der Waals surface area contributed by atoms with Gasteiger partial charge in [0.15, 0.2) is 0 Å². The fraction of sp³-hybridized carbons (Fsp3) is 0.462. The molecule has 2 amide bonds. The molecule has 1 unspecified atom stereocenters. The summed E-state index contributed by atoms with van der Waals surface area (Å²) in [6, 6.07) is 17.7. The van der Waals surface area contributed by atoms with Crippen LogP contribution in [0.15, 0.2) is 54.6 Å². The number of rotatable bonds is 6. The summed E-state index contributed by atoms with van der Waals surface area (Å²) in [4.78, 5) is 28.6. The number of ether oxygens (including phenoxy) is 1. The predicted octanol–water partition coefficient (Wildman–Crippen LogP) is 2.65. The molecule has 4 rings (SSSR count). The largest absolute Gasteiger partial charge is 0.369 e. The number of carbonyl (C=O) groups excluding carboxylic acids is 2. The molecule has 1 spiro atoms. The number of morpholine rings is 1. The molecule has 2 saturated heterocycles. The quantitative estimate of drug-likeness (QED) is 0.757. The molecule has 2 aliphatic heterocycles. The third-order valence-electron chi connectivity index (χ3n) is 6.57. The third kappa shape index (κ3) is 5.56. The minimum Gasteiger partial charge on any atom is -0.369 e. The summed E-state index contributed by atoms with van der Waals surface area (Å²) in [5, 5.41) is 0. The highest BCUT2D eigenvalue weighted by Crippen LogP contribution is 2.33. The molecule has 0 radical (unpaired) electrons. The molecule has 0 bridgehead atoms. The lowest BCUT2D eigenvalue weighted by Crippen LogP contribution is -2.60. The van der Waals surface area contributed by atoms with Gasteiger partial charge < -0.3 is 20.3 Å². The molecule has 6 heteroatoms. The first kappa shape index (κ1) is 22.5. The van der Waals surface area contributed by atoms with Gasteiger partial charge in [0.25, 0.3) is 5.91 Å². The predicted molar refractivity (Wildman–Crippen MR) is 124 cm³/mol. The van der Waals surface area contributed by atoms with Crippen molar-refractivity contribution in [2.24, 2.45) is 5.73 Å². The van der Waals surface area contributed by atoms with Gasteiger partial charge in [0.1, 0.15) is 0 Å². The van der Waals surface area contributed by atoms with Crippen LogP contribution in [0.1, 0.15) is 41.3 Å². The van der Waals surface area contributed by atoms with Gasteiger partial charge in [0.05, 0.1) is 24.7 Å². The number of nitrogens with two attached hydrogens (primary N) is 1. The first-order valence-corrected chi connectivity index (χ1v) is 11.5. The number of piperidine rings is 1. The van der Waals surface area contributed by atoms with E-state index in [1.54, 1.807) is 0 Å². The molecule has 0 aromatic heterocycles. The highest BCUT2D eigenvalue weighted by atomic mass is 16.5. The summed E-state index contributed by atoms with van der Waals surface area (Å²) >= 11 is 0. The second-order valence-electron chi connectivity index (χ2n) is 9.22. The Labute approximate surface area is 190 Å². The van der Waals surface area contributed by atoms with Crippen LogP contribution in [0, 0.1) is 0 Å². The van der Waals surface area contributed by atoms with Gasteiger partial charge in [-0.25, -0.2) is 0 Å². The standard InChI is InChI=1S/C26H33N3O3/c1-20-18-29(25(31)23-8-3-2-4-9-23)19-26(32-20)11-14-28(15-12-26)13-10-21-6-5-7-22(16-21)17-24(27)30/h2-9,16,20H,10-15,17-19H2,1H3,(H2,27,30). The molecule has 32 heavy (non-hydrogen) atoms. The molecular weight excluding hydrogens is 402 g/mol. The molecule has 2 aromatic carbocycles. The van der Waals surface area contributed by atoms with Gasteiger partial charge in [-0.3, -0.25) is 9.59 Å². The number of hydrogen-bond acceptors (Lipinski definition) is 4. The average molecular weight is 436 g/mol. The van der Waals surface area contributed by atoms with Crippen molar-refractivity contribution < 1.29 is 14.3 Å². The summed E-state index contributed by atoms with van der Waals surface area (Å²) < 4.78 is 6.43. The van der Waals surface area contributed by atoms with Gasteiger partial charge in [-0.2, -0.15) is 0 Å². The number of likely N-dealkylation sites (tertiary alicyclic amines) is 1. The van der Waals surface area contributed by atoms with Gasteiger partial charge in [-0.1, -0.05) is 42.5 Å². The van der Waals surface area contributed by atoms with Gasteiger partial charge >= 0.3 is 0 Å². The Bertz CT molecular complexity index is 938. The van der Waals surface area contributed by atoms with Gasteiger partial charge in [0.2, 0.25) is 5.91 Å². The van der Waals surface area contributed by atoms with E-state index in [4.69, 9.17) is 10.5 Å². The van der Waals surface area contributed by atoms with Gasteiger partial charge in [-0.05, 0) is 49.4 Å². The van der Waals surface area contributed by atoms with Crippen LogP contribution in [-0.4, -0.2) is 66.0 Å². The van der Waals surface area contributed by atoms with E-state index < -0.39 is 0 Å². The molecule has 170 valence electrons. The van der Waals surface area contributed by atoms with Crippen LogP contribution < -0.4 is 5.73 Å². The molecule has 2 N–H and O–H groups in total. The fourth-order valence-electron chi connectivity index (χ4n) is 4.99. The van der Waals surface area contributed by atoms with E-state index in [1.165, 1.54) is 5.56 Å². The lowest BCUT2D eigenvalue weighted by atomic mass is 9.88. The Morgan fingerprint density at radius 1 is 1.06 bits per heavy atom. The normalized spacial score (nSPS) is 20.9. The van der Waals surface area contributed by atoms with Crippen LogP contribution in [0.25, 0.3) is 0 Å². The Balaban J connectivity index is 1.32. The third-order valence-corrected chi connectivity index (χ3v) is 6.57. The lowest BCUT2D eigenvalue weighted by molar-refractivity contribution is -0.161. The van der Waals surface area contributed by atoms with Crippen molar-refractivity contribution in [1.29, 1.82) is 0 Å². The number of primary amides is 1. The van der Waals surface area contributed by atoms with Crippen LogP contribution in [0.4, 0.5) is 0 Å². The number of benzene rings is 2. The number of carbonyl (C=O) groups is 2. The van der Waals surface area contributed by atoms with Crippen LogP contribution in [0.3, 0.4) is 0 Å². The molecule has 0 saturated carbocycles. The summed E-state index contributed by atoms with van der Waals surface area (Å²) in [5.41, 5.74) is 8.01. The molecule has 2 fully saturated rings. The van der Waals surface area contributed by atoms with E-state index in [-0.39, 0.29) is 29.9 Å². The number of amides is 2. The highest BCUT2D eigenvalue weighted by Gasteiger charge is 2.43. The van der Waals surface area contributed by atoms with Gasteiger partial charge in [0, 0.05) is 31.7 Å². The van der Waals surface area contributed by atoms with Crippen molar-refractivity contribution in [2.45, 2.75) is 44.3 Å². The van der Waals surface area contributed by atoms with E-state index >= 15 is 0 Å². The zero-order valence-electron chi connectivity index (χ0n) is 18.8. The first-order chi connectivity index (χ1) is 15.4. The van der Waals surface area contributed by atoms with Crippen molar-refractivity contribution in [1.82, 2.24) is 9.80 Å². The van der Waals surface area contributed by atoms with Crippen molar-refractivity contribution in [3.8, 4) is 0 Å². The van der Waals surface area contributed by atoms with Crippen molar-refractivity contribution in [2.75, 3.05) is 32.7 Å². The summed E-state index contributed by atoms with van der Waals surface area (Å²) in [5.74, 6) is -0.205. The topological polar surface area (TPSA) is 75.9 Å². The average Bonchev–Trinajstić information content (AvgIpc) is 2.78. The second kappa shape index (κ2) is 9.84. The molecular formula is C26H33N3O3. The zero-order chi connectivity index (χ0) is 22.6. The Hall–Kier alpha value is -2.70. The maximum atomic E-state index is 13.0. The van der Waals surface area contributed by atoms with E-state index in [0.29, 0.717) is 13.1 Å². The lowest BCUT2D eigenvalue weighted by Gasteiger charge is -2.49. The fourth-order valence-corrected chi connectivity index (χ4v) is 4.99. The van der Waals surface area contributed by atoms with E-state index in [9.17, 15) is 9.59 Å². The minimum absolute atomic E-state index is 0.0379. The summed E-state index contributed by atoms with van der Waals surface area (Å²) in [6.45, 7) is 6.26. The zero-order valence-corrected chi connectivity index (χ0v) is 18.8. The molecule has 2 heterocycles. The summed E-state index contributed by atoms with van der Waals surface area (Å²) in [7, 11) is 0. The minimum atomic E-state index is -0.301. The SMILES string of the molecule is CC1CN(C(=O)c2ccccc2)CC2(CCN(CCc3cccc(CC(N)=O)c3)CC2)O1. The van der Waals surface area contributed by atoms with Crippen LogP contribution in [-0.2, 0) is 22.4 Å². The smallest absolute Gasteiger partial charge is 0.254 e. The van der Waals surface area contributed by atoms with Crippen molar-refractivity contribution in [3.05, 3.63) is 71.3 Å². The van der Waals surface area contributed by atoms with Crippen LogP contribution in [0.5, 0.6) is 0 Å². The maximum Gasteiger partial charge on any atom is 0.254 e. The molecule has 2 aliphatic rings. The molecule has 1 atom stereocenters. The molecule has 0 aliphatic carbocycles. The molecule has 6 nitrogen and oxygen atoms in total. The van der Waals surface area contributed by atoms with Crippen LogP contribution >= 0.6 is 0 Å². The second-order valence-corrected chi connectivity index (χ2v) is 9.22. The van der Waals surface area contributed by atoms with Crippen molar-refractivity contribution in [3.63, 3.8) is 0 Å². The highest BCUT2D eigenvalue weighted by molar-refractivity contribution is 5.94. The number of hydrogen-bond donors (Lipinski definition) is 1.